The largest absolute Gasteiger partial charge is 0.497 e. The molecule has 1 N–H and O–H groups in total. The van der Waals surface area contributed by atoms with E-state index in [1.807, 2.05) is 24.3 Å². The van der Waals surface area contributed by atoms with Crippen molar-refractivity contribution >= 4 is 91.3 Å². The Labute approximate surface area is 266 Å². The van der Waals surface area contributed by atoms with Crippen LogP contribution in [0.5, 0.6) is 5.75 Å². The van der Waals surface area contributed by atoms with Crippen LogP contribution in [-0.4, -0.2) is 34.6 Å². The fourth-order valence-electron chi connectivity index (χ4n) is 5.22. The number of aromatic nitrogens is 1. The number of carbonyl (C=O) groups excluding carboxylic acids is 3. The molecule has 0 saturated carbocycles. The van der Waals surface area contributed by atoms with E-state index in [-0.39, 0.29) is 28.3 Å². The second-order valence-electron chi connectivity index (χ2n) is 9.61. The highest BCUT2D eigenvalue weighted by molar-refractivity contribution is 9.10. The minimum atomic E-state index is -0.797. The maximum atomic E-state index is 14.0. The van der Waals surface area contributed by atoms with Crippen molar-refractivity contribution in [1.82, 2.24) is 4.57 Å². The molecule has 6 rings (SSSR count). The van der Waals surface area contributed by atoms with E-state index < -0.39 is 23.0 Å². The number of imide groups is 1. The Morgan fingerprint density at radius 3 is 2.45 bits per heavy atom. The molecule has 4 aromatic rings. The van der Waals surface area contributed by atoms with Gasteiger partial charge in [-0.1, -0.05) is 74.4 Å². The smallest absolute Gasteiger partial charge is 0.308 e. The number of thiazole rings is 1. The lowest BCUT2D eigenvalue weighted by Crippen LogP contribution is -2.33. The Bertz CT molecular complexity index is 1810. The third kappa shape index (κ3) is 5.17. The molecular weight excluding hydrogens is 685 g/mol. The first-order valence-corrected chi connectivity index (χ1v) is 15.8. The Morgan fingerprint density at radius 1 is 1.00 bits per heavy atom. The Balaban J connectivity index is 1.39. The van der Waals surface area contributed by atoms with Gasteiger partial charge in [0.1, 0.15) is 17.5 Å². The molecule has 2 aliphatic rings. The maximum absolute atomic E-state index is 14.0. The molecule has 0 spiro atoms. The minimum absolute atomic E-state index is 0.281. The van der Waals surface area contributed by atoms with Gasteiger partial charge < -0.3 is 10.1 Å². The van der Waals surface area contributed by atoms with Gasteiger partial charge in [-0.3, -0.25) is 23.7 Å². The molecule has 13 heteroatoms. The fourth-order valence-corrected chi connectivity index (χ4v) is 8.71. The number of hydrogen-bond donors (Lipinski definition) is 1. The number of fused-ring (bicyclic) bond motifs is 2. The summed E-state index contributed by atoms with van der Waals surface area (Å²) in [5, 5.41) is 3.07. The van der Waals surface area contributed by atoms with Gasteiger partial charge in [-0.15, -0.1) is 0 Å². The summed E-state index contributed by atoms with van der Waals surface area (Å²) in [5.74, 6) is -1.89. The summed E-state index contributed by atoms with van der Waals surface area (Å²) in [5.41, 5.74) is 1.65. The average Bonchev–Trinajstić information content (AvgIpc) is 3.41. The van der Waals surface area contributed by atoms with Crippen molar-refractivity contribution in [3.63, 3.8) is 0 Å². The zero-order valence-corrected chi connectivity index (χ0v) is 26.4. The molecule has 42 heavy (non-hydrogen) atoms. The monoisotopic (exact) mass is 703 g/mol. The summed E-state index contributed by atoms with van der Waals surface area (Å²) < 4.78 is 7.40. The van der Waals surface area contributed by atoms with Crippen molar-refractivity contribution in [1.29, 1.82) is 0 Å². The van der Waals surface area contributed by atoms with Crippen molar-refractivity contribution in [3.8, 4) is 5.75 Å². The number of amides is 3. The predicted molar refractivity (Wildman–Crippen MR) is 168 cm³/mol. The molecule has 3 aromatic carbocycles. The highest BCUT2D eigenvalue weighted by atomic mass is 79.9. The predicted octanol–water partition coefficient (Wildman–Crippen LogP) is 6.42. The molecule has 8 nitrogen and oxygen atoms in total. The number of nitrogens with one attached hydrogen (secondary N) is 1. The zero-order chi connectivity index (χ0) is 29.7. The molecule has 0 radical (unpaired) electrons. The summed E-state index contributed by atoms with van der Waals surface area (Å²) >= 11 is 17.7. The van der Waals surface area contributed by atoms with Gasteiger partial charge in [0.05, 0.1) is 33.8 Å². The second kappa shape index (κ2) is 11.5. The third-order valence-corrected chi connectivity index (χ3v) is 10.9. The van der Waals surface area contributed by atoms with Crippen LogP contribution < -0.4 is 19.8 Å². The molecule has 0 aliphatic carbocycles. The fraction of sp³-hybridized carbons (Fsp3) is 0.172. The normalized spacial score (nSPS) is 19.4. The molecule has 3 heterocycles. The van der Waals surface area contributed by atoms with Crippen molar-refractivity contribution < 1.29 is 19.1 Å². The highest BCUT2D eigenvalue weighted by Gasteiger charge is 2.56. The summed E-state index contributed by atoms with van der Waals surface area (Å²) in [6.45, 7) is -0.287. The number of ether oxygens (including phenoxy) is 1. The van der Waals surface area contributed by atoms with Gasteiger partial charge in [-0.05, 0) is 60.2 Å². The van der Waals surface area contributed by atoms with Crippen LogP contribution in [0.15, 0.2) is 81.0 Å². The summed E-state index contributed by atoms with van der Waals surface area (Å²) in [6, 6.07) is 18.9. The summed E-state index contributed by atoms with van der Waals surface area (Å²) in [6.07, 6.45) is 0. The van der Waals surface area contributed by atoms with Crippen LogP contribution in [0.3, 0.4) is 0 Å². The van der Waals surface area contributed by atoms with Crippen LogP contribution in [0.2, 0.25) is 10.0 Å². The molecule has 1 aromatic heterocycles. The van der Waals surface area contributed by atoms with E-state index in [9.17, 15) is 19.2 Å². The van der Waals surface area contributed by atoms with E-state index in [4.69, 9.17) is 27.9 Å². The molecule has 3 amide bonds. The average molecular weight is 705 g/mol. The number of carbonyl (C=O) groups is 3. The van der Waals surface area contributed by atoms with Crippen LogP contribution in [0, 0.1) is 5.92 Å². The lowest BCUT2D eigenvalue weighted by atomic mass is 9.83. The minimum Gasteiger partial charge on any atom is -0.497 e. The SMILES string of the molecule is COc1ccc(N2C(=O)C3Sc4c(sc(=O)n4CC(=O)Nc4ccc(Cl)c(Cl)c4)C(c4cccc(Br)c4)C3C2=O)cc1. The number of hydrogen-bond acceptors (Lipinski definition) is 7. The molecule has 214 valence electrons. The summed E-state index contributed by atoms with van der Waals surface area (Å²) in [4.78, 5) is 55.7. The van der Waals surface area contributed by atoms with Gasteiger partial charge in [-0.25, -0.2) is 4.90 Å². The number of rotatable bonds is 6. The molecule has 1 fully saturated rings. The van der Waals surface area contributed by atoms with E-state index in [2.05, 4.69) is 21.2 Å². The van der Waals surface area contributed by atoms with Crippen LogP contribution in [0.1, 0.15) is 16.4 Å². The second-order valence-corrected chi connectivity index (χ2v) is 13.5. The Morgan fingerprint density at radius 2 is 1.76 bits per heavy atom. The molecule has 3 atom stereocenters. The third-order valence-electron chi connectivity index (χ3n) is 7.09. The standard InChI is InChI=1S/C29H20BrCl2N3O5S2/c1-40-18-8-6-17(7-9-18)35-26(37)23-22(14-3-2-4-15(30)11-14)25-28(41-24(23)27(35)38)34(29(39)42-25)13-21(36)33-16-5-10-19(31)20(32)12-16/h2-12,22-24H,13H2,1H3,(H,33,36). The van der Waals surface area contributed by atoms with E-state index in [0.29, 0.717) is 32.1 Å². The summed E-state index contributed by atoms with van der Waals surface area (Å²) in [7, 11) is 1.54. The number of anilines is 2. The number of methoxy groups -OCH3 is 1. The first-order chi connectivity index (χ1) is 20.2. The molecule has 3 unspecified atom stereocenters. The van der Waals surface area contributed by atoms with E-state index in [0.717, 1.165) is 33.1 Å². The van der Waals surface area contributed by atoms with E-state index in [1.165, 1.54) is 22.6 Å². The van der Waals surface area contributed by atoms with Gasteiger partial charge in [0, 0.05) is 21.0 Å². The van der Waals surface area contributed by atoms with E-state index >= 15 is 0 Å². The van der Waals surface area contributed by atoms with Gasteiger partial charge in [-0.2, -0.15) is 0 Å². The van der Waals surface area contributed by atoms with Crippen molar-refractivity contribution in [3.05, 3.63) is 101 Å². The molecule has 2 aliphatic heterocycles. The highest BCUT2D eigenvalue weighted by Crippen LogP contribution is 2.54. The van der Waals surface area contributed by atoms with E-state index in [1.54, 1.807) is 36.4 Å². The zero-order valence-electron chi connectivity index (χ0n) is 21.7. The molecule has 1 saturated heterocycles. The first-order valence-electron chi connectivity index (χ1n) is 12.6. The molecule has 0 bridgehead atoms. The lowest BCUT2D eigenvalue weighted by Gasteiger charge is -2.30. The number of nitrogens with zero attached hydrogens (tertiary/aromatic N) is 2. The number of benzene rings is 3. The Hall–Kier alpha value is -3.09. The molecular formula is C29H20BrCl2N3O5S2. The van der Waals surface area contributed by atoms with Crippen molar-refractivity contribution in [2.45, 2.75) is 22.7 Å². The quantitative estimate of drug-likeness (QED) is 0.233. The topological polar surface area (TPSA) is 97.7 Å². The number of thioether (sulfide) groups is 1. The van der Waals surface area contributed by atoms with Crippen LogP contribution in [0.25, 0.3) is 0 Å². The van der Waals surface area contributed by atoms with Gasteiger partial charge >= 0.3 is 4.87 Å². The van der Waals surface area contributed by atoms with Crippen molar-refractivity contribution in [2.24, 2.45) is 5.92 Å². The lowest BCUT2D eigenvalue weighted by molar-refractivity contribution is -0.122. The van der Waals surface area contributed by atoms with Crippen LogP contribution >= 0.6 is 62.2 Å². The van der Waals surface area contributed by atoms with Crippen LogP contribution in [-0.2, 0) is 20.9 Å². The maximum Gasteiger partial charge on any atom is 0.308 e. The van der Waals surface area contributed by atoms with Gasteiger partial charge in [0.15, 0.2) is 0 Å². The van der Waals surface area contributed by atoms with Gasteiger partial charge in [0.25, 0.3) is 0 Å². The van der Waals surface area contributed by atoms with Gasteiger partial charge in [0.2, 0.25) is 17.7 Å². The first kappa shape index (κ1) is 29.0. The van der Waals surface area contributed by atoms with Crippen LogP contribution in [0.4, 0.5) is 11.4 Å². The number of halogens is 3. The van der Waals surface area contributed by atoms with Crippen molar-refractivity contribution in [2.75, 3.05) is 17.3 Å². The Kier molecular flexibility index (Phi) is 7.97.